The maximum atomic E-state index is 10.7. The van der Waals surface area contributed by atoms with E-state index in [4.69, 9.17) is 6.42 Å². The van der Waals surface area contributed by atoms with Crippen molar-refractivity contribution in [3.63, 3.8) is 0 Å². The van der Waals surface area contributed by atoms with Crippen molar-refractivity contribution in [1.82, 2.24) is 15.5 Å². The van der Waals surface area contributed by atoms with Crippen molar-refractivity contribution in [3.05, 3.63) is 18.0 Å². The molecule has 62 valence electrons. The Balaban J connectivity index is 2.57. The Morgan fingerprint density at radius 2 is 2.67 bits per heavy atom. The summed E-state index contributed by atoms with van der Waals surface area (Å²) in [5.41, 5.74) is 0.832. The van der Waals surface area contributed by atoms with E-state index in [-0.39, 0.29) is 6.04 Å². The lowest BCUT2D eigenvalue weighted by Gasteiger charge is -2.08. The third-order valence-electron chi connectivity index (χ3n) is 1.47. The summed E-state index contributed by atoms with van der Waals surface area (Å²) < 4.78 is 0. The minimum atomic E-state index is -0.419. The molecule has 0 saturated carbocycles. The number of aromatic nitrogens is 2. The molecule has 0 spiro atoms. The highest BCUT2D eigenvalue weighted by atomic mass is 16.1. The second-order valence-electron chi connectivity index (χ2n) is 2.35. The Morgan fingerprint density at radius 3 is 3.17 bits per heavy atom. The zero-order valence-corrected chi connectivity index (χ0v) is 6.66. The topological polar surface area (TPSA) is 57.8 Å². The van der Waals surface area contributed by atoms with Crippen LogP contribution in [0, 0.1) is 12.3 Å². The maximum absolute atomic E-state index is 10.7. The Morgan fingerprint density at radius 1 is 1.92 bits per heavy atom. The minimum absolute atomic E-state index is 0.129. The van der Waals surface area contributed by atoms with E-state index in [1.54, 1.807) is 12.3 Å². The molecule has 1 heterocycles. The van der Waals surface area contributed by atoms with Crippen LogP contribution in [0.15, 0.2) is 12.3 Å². The van der Waals surface area contributed by atoms with Crippen LogP contribution >= 0.6 is 0 Å². The van der Waals surface area contributed by atoms with E-state index in [0.717, 1.165) is 5.69 Å². The Hall–Kier alpha value is -1.76. The van der Waals surface area contributed by atoms with E-state index in [9.17, 15) is 4.79 Å². The number of hydrogen-bond acceptors (Lipinski definition) is 2. The smallest absolute Gasteiger partial charge is 0.296 e. The van der Waals surface area contributed by atoms with Crippen molar-refractivity contribution in [2.24, 2.45) is 0 Å². The van der Waals surface area contributed by atoms with Crippen molar-refractivity contribution in [3.8, 4) is 12.3 Å². The number of nitrogens with one attached hydrogen (secondary N) is 2. The van der Waals surface area contributed by atoms with Gasteiger partial charge in [0.2, 0.25) is 0 Å². The van der Waals surface area contributed by atoms with Crippen LogP contribution in [0.2, 0.25) is 0 Å². The van der Waals surface area contributed by atoms with E-state index < -0.39 is 5.91 Å². The van der Waals surface area contributed by atoms with Crippen LogP contribution in [0.1, 0.15) is 18.7 Å². The highest BCUT2D eigenvalue weighted by molar-refractivity contribution is 5.93. The number of carbonyl (C=O) groups is 1. The summed E-state index contributed by atoms with van der Waals surface area (Å²) >= 11 is 0. The monoisotopic (exact) mass is 163 g/mol. The first-order valence-electron chi connectivity index (χ1n) is 3.50. The fraction of sp³-hybridized carbons (Fsp3) is 0.250. The van der Waals surface area contributed by atoms with Crippen LogP contribution in [0.25, 0.3) is 0 Å². The molecular formula is C8H9N3O. The molecule has 0 aliphatic rings. The predicted molar refractivity (Wildman–Crippen MR) is 44.0 cm³/mol. The van der Waals surface area contributed by atoms with Gasteiger partial charge < -0.3 is 5.32 Å². The first-order valence-corrected chi connectivity index (χ1v) is 3.50. The molecule has 0 aromatic carbocycles. The molecule has 4 nitrogen and oxygen atoms in total. The van der Waals surface area contributed by atoms with Crippen molar-refractivity contribution in [1.29, 1.82) is 0 Å². The van der Waals surface area contributed by atoms with E-state index in [1.165, 1.54) is 0 Å². The lowest BCUT2D eigenvalue weighted by atomic mass is 10.2. The largest absolute Gasteiger partial charge is 0.337 e. The number of rotatable bonds is 2. The summed E-state index contributed by atoms with van der Waals surface area (Å²) in [6, 6.07) is 1.65. The maximum Gasteiger partial charge on any atom is 0.296 e. The molecule has 1 aromatic rings. The van der Waals surface area contributed by atoms with Crippen LogP contribution < -0.4 is 5.32 Å². The number of nitrogens with zero attached hydrogens (tertiary/aromatic N) is 1. The molecule has 0 saturated heterocycles. The molecule has 1 unspecified atom stereocenters. The van der Waals surface area contributed by atoms with Crippen LogP contribution in [-0.2, 0) is 4.79 Å². The molecule has 1 atom stereocenters. The van der Waals surface area contributed by atoms with Gasteiger partial charge in [0.05, 0.1) is 11.7 Å². The first-order chi connectivity index (χ1) is 5.74. The molecule has 1 rings (SSSR count). The predicted octanol–water partition coefficient (Wildman–Crippen LogP) is 0.220. The standard InChI is InChI=1S/C8H9N3O/c1-3-8(12)10-6(2)7-4-5-9-11-7/h1,4-6H,2H3,(H,9,11)(H,10,12). The fourth-order valence-corrected chi connectivity index (χ4v) is 0.824. The normalized spacial score (nSPS) is 11.7. The van der Waals surface area contributed by atoms with E-state index in [0.29, 0.717) is 0 Å². The Bertz CT molecular complexity index is 297. The SMILES string of the molecule is C#CC(=O)NC(C)c1ccn[nH]1. The van der Waals surface area contributed by atoms with Gasteiger partial charge in [-0.05, 0) is 18.9 Å². The average Bonchev–Trinajstić information content (AvgIpc) is 2.56. The summed E-state index contributed by atoms with van der Waals surface area (Å²) in [4.78, 5) is 10.7. The van der Waals surface area contributed by atoms with Gasteiger partial charge in [-0.25, -0.2) is 0 Å². The van der Waals surface area contributed by atoms with Gasteiger partial charge in [-0.2, -0.15) is 5.10 Å². The number of H-pyrrole nitrogens is 1. The van der Waals surface area contributed by atoms with Crippen LogP contribution in [0.4, 0.5) is 0 Å². The fourth-order valence-electron chi connectivity index (χ4n) is 0.824. The van der Waals surface area contributed by atoms with E-state index in [1.807, 2.05) is 12.8 Å². The molecule has 2 N–H and O–H groups in total. The Labute approximate surface area is 70.4 Å². The zero-order chi connectivity index (χ0) is 8.97. The summed E-state index contributed by atoms with van der Waals surface area (Å²) in [6.45, 7) is 1.82. The number of carbonyl (C=O) groups excluding carboxylic acids is 1. The van der Waals surface area contributed by atoms with Gasteiger partial charge >= 0.3 is 0 Å². The van der Waals surface area contributed by atoms with Gasteiger partial charge in [0.25, 0.3) is 5.91 Å². The van der Waals surface area contributed by atoms with Gasteiger partial charge in [-0.3, -0.25) is 9.89 Å². The summed E-state index contributed by atoms with van der Waals surface area (Å²) in [5.74, 6) is 1.55. The first kappa shape index (κ1) is 8.34. The highest BCUT2D eigenvalue weighted by Gasteiger charge is 2.07. The zero-order valence-electron chi connectivity index (χ0n) is 6.66. The summed E-state index contributed by atoms with van der Waals surface area (Å²) in [7, 11) is 0. The van der Waals surface area contributed by atoms with Crippen LogP contribution in [0.5, 0.6) is 0 Å². The molecule has 1 amide bonds. The molecule has 0 aliphatic heterocycles. The number of terminal acetylenes is 1. The quantitative estimate of drug-likeness (QED) is 0.613. The molecule has 4 heteroatoms. The van der Waals surface area contributed by atoms with Gasteiger partial charge in [0.1, 0.15) is 0 Å². The molecular weight excluding hydrogens is 154 g/mol. The van der Waals surface area contributed by atoms with E-state index >= 15 is 0 Å². The molecule has 0 bridgehead atoms. The second-order valence-corrected chi connectivity index (χ2v) is 2.35. The van der Waals surface area contributed by atoms with Gasteiger partial charge in [-0.15, -0.1) is 6.42 Å². The minimum Gasteiger partial charge on any atom is -0.337 e. The Kier molecular flexibility index (Phi) is 2.49. The lowest BCUT2D eigenvalue weighted by molar-refractivity contribution is -0.116. The summed E-state index contributed by atoms with van der Waals surface area (Å²) in [5, 5.41) is 9.07. The van der Waals surface area contributed by atoms with Crippen molar-refractivity contribution < 1.29 is 4.79 Å². The number of hydrogen-bond donors (Lipinski definition) is 2. The highest BCUT2D eigenvalue weighted by Crippen LogP contribution is 2.06. The molecule has 0 fully saturated rings. The number of amides is 1. The molecule has 1 aromatic heterocycles. The van der Waals surface area contributed by atoms with Gasteiger partial charge in [-0.1, -0.05) is 0 Å². The molecule has 0 radical (unpaired) electrons. The molecule has 12 heavy (non-hydrogen) atoms. The third-order valence-corrected chi connectivity index (χ3v) is 1.47. The summed E-state index contributed by atoms with van der Waals surface area (Å²) in [6.07, 6.45) is 6.50. The van der Waals surface area contributed by atoms with Crippen LogP contribution in [-0.4, -0.2) is 16.1 Å². The number of aromatic amines is 1. The van der Waals surface area contributed by atoms with Gasteiger partial charge in [0, 0.05) is 6.20 Å². The lowest BCUT2D eigenvalue weighted by Crippen LogP contribution is -2.25. The third kappa shape index (κ3) is 1.86. The second kappa shape index (κ2) is 3.58. The molecule has 0 aliphatic carbocycles. The van der Waals surface area contributed by atoms with E-state index in [2.05, 4.69) is 15.5 Å². The van der Waals surface area contributed by atoms with Crippen molar-refractivity contribution in [2.75, 3.05) is 0 Å². The average molecular weight is 163 g/mol. The van der Waals surface area contributed by atoms with Crippen molar-refractivity contribution in [2.45, 2.75) is 13.0 Å². The van der Waals surface area contributed by atoms with Crippen LogP contribution in [0.3, 0.4) is 0 Å². The van der Waals surface area contributed by atoms with Crippen molar-refractivity contribution >= 4 is 5.91 Å². The van der Waals surface area contributed by atoms with Gasteiger partial charge in [0.15, 0.2) is 0 Å².